The van der Waals surface area contributed by atoms with Crippen molar-refractivity contribution in [3.63, 3.8) is 0 Å². The molecule has 0 aliphatic rings. The number of rotatable bonds is 3. The zero-order valence-electron chi connectivity index (χ0n) is 6.96. The summed E-state index contributed by atoms with van der Waals surface area (Å²) in [7, 11) is 0. The number of hydrogen-bond acceptors (Lipinski definition) is 2. The molecule has 0 radical (unpaired) electrons. The van der Waals surface area contributed by atoms with Gasteiger partial charge in [0, 0.05) is 12.7 Å². The van der Waals surface area contributed by atoms with Crippen LogP contribution in [0.25, 0.3) is 0 Å². The molecule has 0 unspecified atom stereocenters. The molecule has 0 saturated carbocycles. The molecule has 1 heterocycles. The van der Waals surface area contributed by atoms with Crippen molar-refractivity contribution in [3.8, 4) is 0 Å². The van der Waals surface area contributed by atoms with Crippen LogP contribution in [-0.2, 0) is 0 Å². The molecule has 1 aromatic heterocycles. The van der Waals surface area contributed by atoms with Crippen LogP contribution in [0.4, 0.5) is 4.39 Å². The van der Waals surface area contributed by atoms with E-state index >= 15 is 0 Å². The molecule has 0 aliphatic heterocycles. The van der Waals surface area contributed by atoms with Gasteiger partial charge in [-0.15, -0.1) is 6.58 Å². The first-order valence-electron chi connectivity index (χ1n) is 3.75. The van der Waals surface area contributed by atoms with Gasteiger partial charge < -0.3 is 5.32 Å². The Labute approximate surface area is 75.3 Å². The van der Waals surface area contributed by atoms with Gasteiger partial charge in [0.2, 0.25) is 0 Å². The largest absolute Gasteiger partial charge is 0.347 e. The third-order valence-corrected chi connectivity index (χ3v) is 1.38. The summed E-state index contributed by atoms with van der Waals surface area (Å²) in [4.78, 5) is 14.8. The lowest BCUT2D eigenvalue weighted by Crippen LogP contribution is -2.25. The second kappa shape index (κ2) is 4.35. The molecule has 1 aromatic rings. The third-order valence-electron chi connectivity index (χ3n) is 1.38. The van der Waals surface area contributed by atoms with Gasteiger partial charge in [0.15, 0.2) is 11.5 Å². The van der Waals surface area contributed by atoms with Crippen LogP contribution in [0.15, 0.2) is 31.0 Å². The molecule has 3 nitrogen and oxygen atoms in total. The molecule has 0 fully saturated rings. The third kappa shape index (κ3) is 2.37. The molecule has 1 amide bonds. The van der Waals surface area contributed by atoms with E-state index in [1.807, 2.05) is 0 Å². The molecule has 0 aromatic carbocycles. The topological polar surface area (TPSA) is 42.0 Å². The highest BCUT2D eigenvalue weighted by atomic mass is 19.1. The minimum atomic E-state index is -0.621. The summed E-state index contributed by atoms with van der Waals surface area (Å²) in [6.07, 6.45) is 2.88. The van der Waals surface area contributed by atoms with Crippen molar-refractivity contribution in [2.45, 2.75) is 0 Å². The molecular formula is C9H9FN2O. The van der Waals surface area contributed by atoms with Gasteiger partial charge in [-0.05, 0) is 12.1 Å². The maximum Gasteiger partial charge on any atom is 0.273 e. The average Bonchev–Trinajstić information content (AvgIpc) is 2.15. The van der Waals surface area contributed by atoms with Crippen LogP contribution >= 0.6 is 0 Å². The normalized spacial score (nSPS) is 9.31. The van der Waals surface area contributed by atoms with Gasteiger partial charge >= 0.3 is 0 Å². The smallest absolute Gasteiger partial charge is 0.273 e. The first kappa shape index (κ1) is 9.38. The van der Waals surface area contributed by atoms with Crippen molar-refractivity contribution in [2.24, 2.45) is 0 Å². The Balaban J connectivity index is 2.76. The van der Waals surface area contributed by atoms with Gasteiger partial charge in [-0.1, -0.05) is 6.08 Å². The van der Waals surface area contributed by atoms with Crippen molar-refractivity contribution >= 4 is 5.91 Å². The standard InChI is InChI=1S/C9H9FN2O/c1-2-5-12-9(13)8-7(10)4-3-6-11-8/h2-4,6H,1,5H2,(H,12,13). The van der Waals surface area contributed by atoms with Crippen molar-refractivity contribution in [1.82, 2.24) is 10.3 Å². The van der Waals surface area contributed by atoms with Crippen molar-refractivity contribution in [2.75, 3.05) is 6.54 Å². The van der Waals surface area contributed by atoms with Gasteiger partial charge in [-0.2, -0.15) is 0 Å². The van der Waals surface area contributed by atoms with Crippen LogP contribution in [0, 0.1) is 5.82 Å². The van der Waals surface area contributed by atoms with Crippen LogP contribution in [0.5, 0.6) is 0 Å². The minimum Gasteiger partial charge on any atom is -0.347 e. The number of hydrogen-bond donors (Lipinski definition) is 1. The van der Waals surface area contributed by atoms with E-state index in [1.165, 1.54) is 24.4 Å². The Morgan fingerprint density at radius 1 is 1.77 bits per heavy atom. The molecule has 4 heteroatoms. The lowest BCUT2D eigenvalue weighted by Gasteiger charge is -2.01. The number of halogens is 1. The molecule has 0 aliphatic carbocycles. The van der Waals surface area contributed by atoms with Crippen LogP contribution in [0.2, 0.25) is 0 Å². The first-order valence-corrected chi connectivity index (χ1v) is 3.75. The van der Waals surface area contributed by atoms with Gasteiger partial charge in [-0.25, -0.2) is 9.37 Å². The fourth-order valence-corrected chi connectivity index (χ4v) is 0.801. The summed E-state index contributed by atoms with van der Waals surface area (Å²) in [6.45, 7) is 3.72. The lowest BCUT2D eigenvalue weighted by atomic mass is 10.3. The summed E-state index contributed by atoms with van der Waals surface area (Å²) in [5, 5.41) is 2.43. The second-order valence-electron chi connectivity index (χ2n) is 2.33. The summed E-state index contributed by atoms with van der Waals surface area (Å²) < 4.78 is 12.9. The van der Waals surface area contributed by atoms with Crippen LogP contribution in [0.1, 0.15) is 10.5 Å². The van der Waals surface area contributed by atoms with Gasteiger partial charge in [-0.3, -0.25) is 4.79 Å². The van der Waals surface area contributed by atoms with Crippen molar-refractivity contribution in [3.05, 3.63) is 42.5 Å². The zero-order chi connectivity index (χ0) is 9.68. The van der Waals surface area contributed by atoms with Gasteiger partial charge in [0.25, 0.3) is 5.91 Å². The van der Waals surface area contributed by atoms with Crippen molar-refractivity contribution in [1.29, 1.82) is 0 Å². The Hall–Kier alpha value is -1.71. The monoisotopic (exact) mass is 180 g/mol. The van der Waals surface area contributed by atoms with E-state index in [-0.39, 0.29) is 5.69 Å². The highest BCUT2D eigenvalue weighted by Crippen LogP contribution is 2.01. The van der Waals surface area contributed by atoms with E-state index < -0.39 is 11.7 Å². The molecule has 0 bridgehead atoms. The number of amides is 1. The molecule has 13 heavy (non-hydrogen) atoms. The predicted octanol–water partition coefficient (Wildman–Crippen LogP) is 1.14. The van der Waals surface area contributed by atoms with Gasteiger partial charge in [0.05, 0.1) is 0 Å². The van der Waals surface area contributed by atoms with Crippen molar-refractivity contribution < 1.29 is 9.18 Å². The number of nitrogens with zero attached hydrogens (tertiary/aromatic N) is 1. The quantitative estimate of drug-likeness (QED) is 0.708. The highest BCUT2D eigenvalue weighted by molar-refractivity contribution is 5.92. The van der Waals surface area contributed by atoms with E-state index in [0.717, 1.165) is 0 Å². The molecule has 0 atom stereocenters. The Bertz CT molecular complexity index is 325. The number of aromatic nitrogens is 1. The predicted molar refractivity (Wildman–Crippen MR) is 46.7 cm³/mol. The molecule has 0 saturated heterocycles. The lowest BCUT2D eigenvalue weighted by molar-refractivity contribution is 0.0948. The molecule has 1 rings (SSSR count). The summed E-state index contributed by atoms with van der Waals surface area (Å²) in [5.74, 6) is -1.15. The average molecular weight is 180 g/mol. The maximum atomic E-state index is 12.9. The summed E-state index contributed by atoms with van der Waals surface area (Å²) in [5.41, 5.74) is -0.190. The van der Waals surface area contributed by atoms with Crippen LogP contribution in [0.3, 0.4) is 0 Å². The van der Waals surface area contributed by atoms with Gasteiger partial charge in [0.1, 0.15) is 0 Å². The Morgan fingerprint density at radius 2 is 2.54 bits per heavy atom. The maximum absolute atomic E-state index is 12.9. The molecule has 68 valence electrons. The van der Waals surface area contributed by atoms with E-state index in [0.29, 0.717) is 6.54 Å². The minimum absolute atomic E-state index is 0.190. The fourth-order valence-electron chi connectivity index (χ4n) is 0.801. The first-order chi connectivity index (χ1) is 6.25. The number of nitrogens with one attached hydrogen (secondary N) is 1. The molecule has 0 spiro atoms. The number of pyridine rings is 1. The van der Waals surface area contributed by atoms with E-state index in [2.05, 4.69) is 16.9 Å². The Kier molecular flexibility index (Phi) is 3.14. The van der Waals surface area contributed by atoms with E-state index in [1.54, 1.807) is 0 Å². The highest BCUT2D eigenvalue weighted by Gasteiger charge is 2.10. The zero-order valence-corrected chi connectivity index (χ0v) is 6.96. The van der Waals surface area contributed by atoms with E-state index in [4.69, 9.17) is 0 Å². The summed E-state index contributed by atoms with van der Waals surface area (Å²) in [6, 6.07) is 2.62. The van der Waals surface area contributed by atoms with E-state index in [9.17, 15) is 9.18 Å². The number of carbonyl (C=O) groups is 1. The fraction of sp³-hybridized carbons (Fsp3) is 0.111. The van der Waals surface area contributed by atoms with Crippen LogP contribution < -0.4 is 5.32 Å². The SMILES string of the molecule is C=CCNC(=O)c1ncccc1F. The second-order valence-corrected chi connectivity index (χ2v) is 2.33. The molecular weight excluding hydrogens is 171 g/mol. The Morgan fingerprint density at radius 3 is 3.15 bits per heavy atom. The van der Waals surface area contributed by atoms with Crippen LogP contribution in [-0.4, -0.2) is 17.4 Å². The number of carbonyl (C=O) groups excluding carboxylic acids is 1. The summed E-state index contributed by atoms with van der Waals surface area (Å²) >= 11 is 0. The molecule has 1 N–H and O–H groups in total.